The Hall–Kier alpha value is -5.70. The van der Waals surface area contributed by atoms with E-state index in [0.29, 0.717) is 9.75 Å². The van der Waals surface area contributed by atoms with Crippen LogP contribution in [-0.2, 0) is 38.4 Å². The standard InChI is InChI=1S/C50H61N3O13S4/c1-23(2)29(48(63)52-45(25(5)6)33(56)18-28(27(9)54)19-43(58)59)20-32(55)35-10-11-36(67-35)37-12-13-38(68-37)39-14-15-40(69-39)41-16-17-42(70-41)49(64)53-46(26(7)8)34(57)21-30(24(3)4)47(62)51-31(50(65)66)22-44(60)61/h10-17,23-26,28-31,45-46H,18-22H2,1-9H3,(H,51,62)(H,52,63)(H,53,64)(H,58,59)(H,60,61)(H,65,66)/t28-,29-,30-,31-,45-,46-/m0/s1. The first-order chi connectivity index (χ1) is 32.8. The molecule has 16 nitrogen and oxygen atoms in total. The number of Topliss-reactive ketones (excluding diaryl/α,β-unsaturated/α-hetero) is 4. The summed E-state index contributed by atoms with van der Waals surface area (Å²) in [5.74, 6) is -11.4. The van der Waals surface area contributed by atoms with Crippen LogP contribution in [0.15, 0.2) is 48.5 Å². The molecule has 0 aliphatic carbocycles. The van der Waals surface area contributed by atoms with Crippen LogP contribution < -0.4 is 16.0 Å². The van der Waals surface area contributed by atoms with Crippen LogP contribution in [0.4, 0.5) is 0 Å². The number of rotatable bonds is 28. The van der Waals surface area contributed by atoms with Gasteiger partial charge >= 0.3 is 17.9 Å². The molecule has 0 aromatic carbocycles. The quantitative estimate of drug-likeness (QED) is 0.0291. The van der Waals surface area contributed by atoms with Crippen molar-refractivity contribution in [2.75, 3.05) is 0 Å². The van der Waals surface area contributed by atoms with Crippen LogP contribution >= 0.6 is 45.3 Å². The molecular formula is C50H61N3O13S4. The third-order valence-corrected chi connectivity index (χ3v) is 16.8. The van der Waals surface area contributed by atoms with Crippen molar-refractivity contribution >= 4 is 104 Å². The second kappa shape index (κ2) is 25.4. The summed E-state index contributed by atoms with van der Waals surface area (Å²) in [7, 11) is 0. The van der Waals surface area contributed by atoms with Crippen molar-refractivity contribution in [3.8, 4) is 29.3 Å². The maximum absolute atomic E-state index is 13.7. The van der Waals surface area contributed by atoms with E-state index < -0.39 is 108 Å². The number of carbonyl (C=O) groups excluding carboxylic acids is 7. The predicted octanol–water partition coefficient (Wildman–Crippen LogP) is 8.59. The Balaban J connectivity index is 1.40. The Morgan fingerprint density at radius 1 is 0.457 bits per heavy atom. The van der Waals surface area contributed by atoms with Gasteiger partial charge < -0.3 is 31.3 Å². The number of nitrogens with one attached hydrogen (secondary N) is 3. The zero-order valence-electron chi connectivity index (χ0n) is 40.5. The highest BCUT2D eigenvalue weighted by atomic mass is 32.1. The van der Waals surface area contributed by atoms with Crippen LogP contribution in [0, 0.1) is 41.4 Å². The van der Waals surface area contributed by atoms with E-state index in [-0.39, 0.29) is 42.8 Å². The summed E-state index contributed by atoms with van der Waals surface area (Å²) < 4.78 is 0. The summed E-state index contributed by atoms with van der Waals surface area (Å²) in [5, 5.41) is 35.6. The SMILES string of the molecule is CC(=O)[C@H](CC(=O)O)CC(=O)[C@@H](NC(=O)[C@@H](CC(=O)c1ccc(-c2ccc(-c3ccc(-c4ccc(C(=O)N[C@H](C(=O)C[C@H](C(=O)N[C@@H](CC(=O)O)C(=O)O)C(C)C)C(C)C)s4)s3)s2)s1)C(C)C)C(C)C. The monoisotopic (exact) mass is 1040 g/mol. The smallest absolute Gasteiger partial charge is 0.326 e. The summed E-state index contributed by atoms with van der Waals surface area (Å²) in [6, 6.07) is 11.4. The molecule has 0 radical (unpaired) electrons. The fourth-order valence-corrected chi connectivity index (χ4v) is 11.8. The van der Waals surface area contributed by atoms with Crippen molar-refractivity contribution in [1.82, 2.24) is 16.0 Å². The highest BCUT2D eigenvalue weighted by molar-refractivity contribution is 7.29. The van der Waals surface area contributed by atoms with E-state index in [9.17, 15) is 58.2 Å². The zero-order chi connectivity index (χ0) is 52.3. The van der Waals surface area contributed by atoms with E-state index in [1.807, 2.05) is 50.2 Å². The molecular weight excluding hydrogens is 979 g/mol. The lowest BCUT2D eigenvalue weighted by molar-refractivity contribution is -0.148. The van der Waals surface area contributed by atoms with Gasteiger partial charge in [-0.15, -0.1) is 45.3 Å². The largest absolute Gasteiger partial charge is 0.481 e. The fourth-order valence-electron chi connectivity index (χ4n) is 7.63. The van der Waals surface area contributed by atoms with E-state index in [0.717, 1.165) is 29.3 Å². The number of aliphatic carboxylic acids is 3. The first-order valence-corrected chi connectivity index (χ1v) is 26.1. The molecule has 4 heterocycles. The molecule has 0 spiro atoms. The van der Waals surface area contributed by atoms with E-state index >= 15 is 0 Å². The Labute approximate surface area is 422 Å². The van der Waals surface area contributed by atoms with Gasteiger partial charge in [-0.3, -0.25) is 43.2 Å². The fraction of sp³-hybridized carbons (Fsp3) is 0.480. The van der Waals surface area contributed by atoms with Gasteiger partial charge in [0.2, 0.25) is 11.8 Å². The topological polar surface area (TPSA) is 267 Å². The first-order valence-electron chi connectivity index (χ1n) is 22.8. The van der Waals surface area contributed by atoms with E-state index in [2.05, 4.69) is 16.0 Å². The zero-order valence-corrected chi connectivity index (χ0v) is 43.8. The van der Waals surface area contributed by atoms with Crippen molar-refractivity contribution in [2.24, 2.45) is 41.4 Å². The number of carboxylic acids is 3. The number of carbonyl (C=O) groups is 10. The van der Waals surface area contributed by atoms with Crippen molar-refractivity contribution in [2.45, 2.75) is 113 Å². The van der Waals surface area contributed by atoms with Crippen LogP contribution in [0.2, 0.25) is 0 Å². The molecule has 6 atom stereocenters. The molecule has 6 N–H and O–H groups in total. The molecule has 0 aliphatic rings. The molecule has 4 rings (SSSR count). The molecule has 0 saturated carbocycles. The minimum Gasteiger partial charge on any atom is -0.481 e. The van der Waals surface area contributed by atoms with Crippen LogP contribution in [0.3, 0.4) is 0 Å². The second-order valence-corrected chi connectivity index (χ2v) is 23.0. The highest BCUT2D eigenvalue weighted by Crippen LogP contribution is 2.43. The summed E-state index contributed by atoms with van der Waals surface area (Å²) in [5.41, 5.74) is 0. The number of hydrogen-bond acceptors (Lipinski definition) is 14. The summed E-state index contributed by atoms with van der Waals surface area (Å²) in [6.07, 6.45) is -2.02. The number of thiophene rings is 4. The van der Waals surface area contributed by atoms with Gasteiger partial charge in [0.15, 0.2) is 17.3 Å². The third kappa shape index (κ3) is 15.7. The molecule has 0 bridgehead atoms. The van der Waals surface area contributed by atoms with Crippen molar-refractivity contribution in [3.05, 3.63) is 58.3 Å². The molecule has 20 heteroatoms. The van der Waals surface area contributed by atoms with Gasteiger partial charge in [0.1, 0.15) is 11.8 Å². The van der Waals surface area contributed by atoms with Crippen LogP contribution in [0.5, 0.6) is 0 Å². The van der Waals surface area contributed by atoms with Gasteiger partial charge in [-0.2, -0.15) is 0 Å². The summed E-state index contributed by atoms with van der Waals surface area (Å²) in [4.78, 5) is 133. The number of amides is 3. The predicted molar refractivity (Wildman–Crippen MR) is 270 cm³/mol. The molecule has 0 saturated heterocycles. The number of carboxylic acid groups (broad SMARTS) is 3. The summed E-state index contributed by atoms with van der Waals surface area (Å²) >= 11 is 5.65. The van der Waals surface area contributed by atoms with Crippen LogP contribution in [-0.4, -0.2) is 92.2 Å². The van der Waals surface area contributed by atoms with Crippen molar-refractivity contribution in [3.63, 3.8) is 0 Å². The molecule has 3 amide bonds. The molecule has 0 aliphatic heterocycles. The van der Waals surface area contributed by atoms with Gasteiger partial charge in [0.25, 0.3) is 5.91 Å². The molecule has 4 aromatic rings. The molecule has 70 heavy (non-hydrogen) atoms. The Morgan fingerprint density at radius 3 is 1.30 bits per heavy atom. The second-order valence-electron chi connectivity index (χ2n) is 18.7. The first kappa shape index (κ1) is 56.9. The normalized spacial score (nSPS) is 14.1. The molecule has 0 unspecified atom stereocenters. The van der Waals surface area contributed by atoms with Crippen molar-refractivity contribution in [1.29, 1.82) is 0 Å². The average molecular weight is 1040 g/mol. The lowest BCUT2D eigenvalue weighted by Gasteiger charge is -2.27. The maximum atomic E-state index is 13.7. The van der Waals surface area contributed by atoms with Gasteiger partial charge in [0, 0.05) is 66.3 Å². The Bertz CT molecular complexity index is 2410. The van der Waals surface area contributed by atoms with E-state index in [4.69, 9.17) is 5.11 Å². The van der Waals surface area contributed by atoms with Gasteiger partial charge in [-0.1, -0.05) is 55.4 Å². The lowest BCUT2D eigenvalue weighted by Crippen LogP contribution is -2.48. The lowest BCUT2D eigenvalue weighted by atomic mass is 9.85. The number of hydrogen-bond donors (Lipinski definition) is 6. The van der Waals surface area contributed by atoms with Gasteiger partial charge in [-0.25, -0.2) is 4.79 Å². The van der Waals surface area contributed by atoms with E-state index in [1.165, 1.54) is 40.9 Å². The minimum atomic E-state index is -1.67. The average Bonchev–Trinajstić information content (AvgIpc) is 4.11. The molecule has 4 aromatic heterocycles. The van der Waals surface area contributed by atoms with Gasteiger partial charge in [0.05, 0.1) is 34.7 Å². The van der Waals surface area contributed by atoms with Gasteiger partial charge in [-0.05, 0) is 79.1 Å². The molecule has 378 valence electrons. The minimum absolute atomic E-state index is 0.0940. The Morgan fingerprint density at radius 2 is 0.857 bits per heavy atom. The summed E-state index contributed by atoms with van der Waals surface area (Å²) in [6.45, 7) is 15.3. The highest BCUT2D eigenvalue weighted by Gasteiger charge is 2.35. The maximum Gasteiger partial charge on any atom is 0.326 e. The molecule has 0 fully saturated rings. The Kier molecular flexibility index (Phi) is 20.7. The van der Waals surface area contributed by atoms with E-state index in [1.54, 1.807) is 65.0 Å². The van der Waals surface area contributed by atoms with Crippen molar-refractivity contribution < 1.29 is 63.3 Å². The van der Waals surface area contributed by atoms with Crippen LogP contribution in [0.25, 0.3) is 29.3 Å². The van der Waals surface area contributed by atoms with Crippen LogP contribution in [0.1, 0.15) is 114 Å². The third-order valence-electron chi connectivity index (χ3n) is 11.8. The number of ketones is 4.